The Bertz CT molecular complexity index is 328. The Kier molecular flexibility index (Phi) is 4.44. The third-order valence-electron chi connectivity index (χ3n) is 3.96. The molecule has 0 amide bonds. The predicted molar refractivity (Wildman–Crippen MR) is 69.4 cm³/mol. The molecule has 4 nitrogen and oxygen atoms in total. The molecule has 0 spiro atoms. The summed E-state index contributed by atoms with van der Waals surface area (Å²) in [6.45, 7) is 4.61. The molecule has 5 heteroatoms. The molecule has 1 N–H and O–H groups in total. The fourth-order valence-electron chi connectivity index (χ4n) is 2.69. The van der Waals surface area contributed by atoms with E-state index in [4.69, 9.17) is 0 Å². The van der Waals surface area contributed by atoms with Crippen LogP contribution in [0.4, 0.5) is 0 Å². The first-order valence-corrected chi connectivity index (χ1v) is 8.40. The van der Waals surface area contributed by atoms with Crippen molar-refractivity contribution in [3.8, 4) is 0 Å². The third-order valence-corrected chi connectivity index (χ3v) is 5.94. The fourth-order valence-corrected chi connectivity index (χ4v) is 4.46. The maximum atomic E-state index is 12.2. The lowest BCUT2D eigenvalue weighted by molar-refractivity contribution is 0.285. The summed E-state index contributed by atoms with van der Waals surface area (Å²) in [5.41, 5.74) is 0. The highest BCUT2D eigenvalue weighted by Crippen LogP contribution is 2.20. The second-order valence-corrected chi connectivity index (χ2v) is 7.52. The van der Waals surface area contributed by atoms with Crippen LogP contribution in [0.1, 0.15) is 39.0 Å². The Morgan fingerprint density at radius 3 is 2.47 bits per heavy atom. The van der Waals surface area contributed by atoms with E-state index in [1.54, 1.807) is 4.31 Å². The molecule has 2 fully saturated rings. The molecule has 2 aliphatic heterocycles. The lowest BCUT2D eigenvalue weighted by Crippen LogP contribution is -2.46. The zero-order valence-corrected chi connectivity index (χ0v) is 11.5. The fraction of sp³-hybridized carbons (Fsp3) is 1.00. The second-order valence-electron chi connectivity index (χ2n) is 5.51. The van der Waals surface area contributed by atoms with E-state index >= 15 is 0 Å². The van der Waals surface area contributed by atoms with Gasteiger partial charge in [-0.2, -0.15) is 0 Å². The molecule has 0 bridgehead atoms. The zero-order chi connectivity index (χ0) is 12.3. The molecule has 2 saturated heterocycles. The standard InChI is InChI=1S/C12H24N2O2S/c1-11-5-8-14(9-6-11)17(15,16)10-12-4-2-3-7-13-12/h11-13H,2-10H2,1H3. The summed E-state index contributed by atoms with van der Waals surface area (Å²) in [6.07, 6.45) is 5.36. The van der Waals surface area contributed by atoms with E-state index in [-0.39, 0.29) is 6.04 Å². The van der Waals surface area contributed by atoms with Gasteiger partial charge >= 0.3 is 0 Å². The summed E-state index contributed by atoms with van der Waals surface area (Å²) in [5, 5.41) is 3.32. The van der Waals surface area contributed by atoms with E-state index in [1.165, 1.54) is 6.42 Å². The van der Waals surface area contributed by atoms with Gasteiger partial charge < -0.3 is 5.32 Å². The SMILES string of the molecule is CC1CCN(S(=O)(=O)CC2CCCCN2)CC1. The Hall–Kier alpha value is -0.130. The van der Waals surface area contributed by atoms with Crippen LogP contribution in [0.5, 0.6) is 0 Å². The van der Waals surface area contributed by atoms with Crippen molar-refractivity contribution in [2.24, 2.45) is 5.92 Å². The van der Waals surface area contributed by atoms with Crippen LogP contribution in [-0.2, 0) is 10.0 Å². The van der Waals surface area contributed by atoms with Crippen molar-refractivity contribution in [3.05, 3.63) is 0 Å². The molecule has 2 aliphatic rings. The minimum Gasteiger partial charge on any atom is -0.313 e. The topological polar surface area (TPSA) is 49.4 Å². The summed E-state index contributed by atoms with van der Waals surface area (Å²) in [7, 11) is -3.04. The van der Waals surface area contributed by atoms with Crippen molar-refractivity contribution in [3.63, 3.8) is 0 Å². The van der Waals surface area contributed by atoms with E-state index < -0.39 is 10.0 Å². The quantitative estimate of drug-likeness (QED) is 0.829. The van der Waals surface area contributed by atoms with Gasteiger partial charge in [0.25, 0.3) is 0 Å². The molecule has 0 aromatic rings. The van der Waals surface area contributed by atoms with Crippen LogP contribution >= 0.6 is 0 Å². The van der Waals surface area contributed by atoms with Crippen LogP contribution in [0.3, 0.4) is 0 Å². The van der Waals surface area contributed by atoms with Crippen molar-refractivity contribution in [2.45, 2.75) is 45.1 Å². The van der Waals surface area contributed by atoms with Crippen LogP contribution in [0.25, 0.3) is 0 Å². The number of hydrogen-bond donors (Lipinski definition) is 1. The summed E-state index contributed by atoms with van der Waals surface area (Å²) in [6, 6.07) is 0.174. The van der Waals surface area contributed by atoms with Crippen molar-refractivity contribution < 1.29 is 8.42 Å². The number of nitrogens with zero attached hydrogens (tertiary/aromatic N) is 1. The van der Waals surface area contributed by atoms with Crippen molar-refractivity contribution in [1.82, 2.24) is 9.62 Å². The molecular formula is C12H24N2O2S. The molecule has 2 heterocycles. The Morgan fingerprint density at radius 1 is 1.18 bits per heavy atom. The maximum Gasteiger partial charge on any atom is 0.215 e. The van der Waals surface area contributed by atoms with Gasteiger partial charge in [0, 0.05) is 19.1 Å². The molecule has 1 unspecified atom stereocenters. The summed E-state index contributed by atoms with van der Waals surface area (Å²) < 4.78 is 26.2. The molecule has 0 aliphatic carbocycles. The van der Waals surface area contributed by atoms with Crippen molar-refractivity contribution in [2.75, 3.05) is 25.4 Å². The molecule has 0 aromatic carbocycles. The first-order valence-electron chi connectivity index (χ1n) is 6.79. The average Bonchev–Trinajstić information content (AvgIpc) is 2.30. The first kappa shape index (κ1) is 13.3. The molecule has 2 rings (SSSR count). The highest BCUT2D eigenvalue weighted by Gasteiger charge is 2.29. The van der Waals surface area contributed by atoms with Crippen molar-refractivity contribution >= 4 is 10.0 Å². The lowest BCUT2D eigenvalue weighted by atomic mass is 10.0. The monoisotopic (exact) mass is 260 g/mol. The highest BCUT2D eigenvalue weighted by molar-refractivity contribution is 7.89. The molecule has 100 valence electrons. The largest absolute Gasteiger partial charge is 0.313 e. The first-order chi connectivity index (χ1) is 8.08. The van der Waals surface area contributed by atoms with Gasteiger partial charge in [-0.1, -0.05) is 13.3 Å². The van der Waals surface area contributed by atoms with Gasteiger partial charge in [-0.3, -0.25) is 0 Å². The van der Waals surface area contributed by atoms with Gasteiger partial charge in [-0.05, 0) is 38.1 Å². The molecule has 0 saturated carbocycles. The minimum absolute atomic E-state index is 0.174. The van der Waals surface area contributed by atoms with Gasteiger partial charge in [0.2, 0.25) is 10.0 Å². The van der Waals surface area contributed by atoms with Gasteiger partial charge in [0.05, 0.1) is 5.75 Å². The normalized spacial score (nSPS) is 29.4. The van der Waals surface area contributed by atoms with E-state index in [9.17, 15) is 8.42 Å². The van der Waals surface area contributed by atoms with Crippen LogP contribution in [0.15, 0.2) is 0 Å². The van der Waals surface area contributed by atoms with E-state index in [0.717, 1.165) is 45.3 Å². The van der Waals surface area contributed by atoms with Gasteiger partial charge in [-0.25, -0.2) is 12.7 Å². The predicted octanol–water partition coefficient (Wildman–Crippen LogP) is 1.19. The van der Waals surface area contributed by atoms with Crippen LogP contribution in [-0.4, -0.2) is 44.2 Å². The van der Waals surface area contributed by atoms with E-state index in [0.29, 0.717) is 11.7 Å². The molecule has 0 radical (unpaired) electrons. The average molecular weight is 260 g/mol. The van der Waals surface area contributed by atoms with Gasteiger partial charge in [-0.15, -0.1) is 0 Å². The minimum atomic E-state index is -3.04. The van der Waals surface area contributed by atoms with Crippen LogP contribution in [0, 0.1) is 5.92 Å². The smallest absolute Gasteiger partial charge is 0.215 e. The Labute approximate surface area is 105 Å². The molecule has 0 aromatic heterocycles. The van der Waals surface area contributed by atoms with Gasteiger partial charge in [0.15, 0.2) is 0 Å². The molecular weight excluding hydrogens is 236 g/mol. The van der Waals surface area contributed by atoms with Crippen LogP contribution < -0.4 is 5.32 Å². The number of rotatable bonds is 3. The van der Waals surface area contributed by atoms with Crippen molar-refractivity contribution in [1.29, 1.82) is 0 Å². The number of hydrogen-bond acceptors (Lipinski definition) is 3. The molecule has 1 atom stereocenters. The Morgan fingerprint density at radius 2 is 1.88 bits per heavy atom. The van der Waals surface area contributed by atoms with Gasteiger partial charge in [0.1, 0.15) is 0 Å². The zero-order valence-electron chi connectivity index (χ0n) is 10.7. The summed E-state index contributed by atoms with van der Waals surface area (Å²) in [4.78, 5) is 0. The Balaban J connectivity index is 1.89. The van der Waals surface area contributed by atoms with E-state index in [1.807, 2.05) is 0 Å². The number of piperidine rings is 2. The lowest BCUT2D eigenvalue weighted by Gasteiger charge is -2.31. The maximum absolute atomic E-state index is 12.2. The number of sulfonamides is 1. The molecule has 17 heavy (non-hydrogen) atoms. The van der Waals surface area contributed by atoms with Crippen LogP contribution in [0.2, 0.25) is 0 Å². The third kappa shape index (κ3) is 3.66. The summed E-state index contributed by atoms with van der Waals surface area (Å²) in [5.74, 6) is 0.968. The summed E-state index contributed by atoms with van der Waals surface area (Å²) >= 11 is 0. The number of nitrogens with one attached hydrogen (secondary N) is 1. The van der Waals surface area contributed by atoms with E-state index in [2.05, 4.69) is 12.2 Å². The second kappa shape index (κ2) is 5.67. The highest BCUT2D eigenvalue weighted by atomic mass is 32.2.